The Labute approximate surface area is 287 Å². The van der Waals surface area contributed by atoms with E-state index in [9.17, 15) is 0 Å². The van der Waals surface area contributed by atoms with Crippen molar-refractivity contribution >= 4 is 81.3 Å². The van der Waals surface area contributed by atoms with Gasteiger partial charge >= 0.3 is 0 Å². The molecule has 10 aromatic rings. The van der Waals surface area contributed by atoms with Crippen LogP contribution in [0.5, 0.6) is 0 Å². The highest BCUT2D eigenvalue weighted by molar-refractivity contribution is 7.26. The number of thiophene rings is 1. The molecule has 0 spiro atoms. The number of anilines is 3. The predicted molar refractivity (Wildman–Crippen MR) is 210 cm³/mol. The Morgan fingerprint density at radius 3 is 1.96 bits per heavy atom. The first-order valence-electron chi connectivity index (χ1n) is 16.6. The van der Waals surface area contributed by atoms with E-state index >= 15 is 0 Å². The molecule has 230 valence electrons. The standard InChI is InChI=1S/C46H29NOS/c1-3-13-30(14-4-1)33-25-26-36-37-21-12-23-41(46(37)49-43(36)29-33)47(39-22-11-18-31-17-7-8-19-34(31)39)40-28-27-35(32-15-5-2-6-16-32)45-44(40)38-20-9-10-24-42(38)48-45/h1-29H. The smallest absolute Gasteiger partial charge is 0.145 e. The zero-order chi connectivity index (χ0) is 32.3. The van der Waals surface area contributed by atoms with Crippen LogP contribution in [0, 0.1) is 0 Å². The Kier molecular flexibility index (Phi) is 6.39. The molecule has 0 N–H and O–H groups in total. The molecule has 0 saturated carbocycles. The Hall–Kier alpha value is -6.16. The van der Waals surface area contributed by atoms with Crippen molar-refractivity contribution in [3.8, 4) is 22.3 Å². The van der Waals surface area contributed by atoms with Crippen molar-refractivity contribution in [1.29, 1.82) is 0 Å². The fourth-order valence-corrected chi connectivity index (χ4v) is 8.65. The third-order valence-corrected chi connectivity index (χ3v) is 10.9. The van der Waals surface area contributed by atoms with E-state index in [1.807, 2.05) is 11.3 Å². The second kappa shape index (κ2) is 11.2. The van der Waals surface area contributed by atoms with Crippen LogP contribution in [0.25, 0.3) is 75.1 Å². The molecule has 0 saturated heterocycles. The SMILES string of the molecule is c1ccc(-c2ccc3c(c2)sc2c(N(c4cccc5ccccc45)c4ccc(-c5ccccc5)c5oc6ccccc6c45)cccc23)cc1. The first-order valence-corrected chi connectivity index (χ1v) is 17.4. The summed E-state index contributed by atoms with van der Waals surface area (Å²) in [5, 5.41) is 7.15. The fourth-order valence-electron chi connectivity index (χ4n) is 7.40. The topological polar surface area (TPSA) is 16.4 Å². The molecular formula is C46H29NOS. The molecule has 0 aliphatic rings. The first kappa shape index (κ1) is 27.9. The zero-order valence-corrected chi connectivity index (χ0v) is 27.3. The number of hydrogen-bond donors (Lipinski definition) is 0. The molecule has 0 fully saturated rings. The summed E-state index contributed by atoms with van der Waals surface area (Å²) in [6.07, 6.45) is 0. The Bertz CT molecular complexity index is 2820. The quantitative estimate of drug-likeness (QED) is 0.186. The lowest BCUT2D eigenvalue weighted by atomic mass is 9.99. The minimum atomic E-state index is 0.883. The second-order valence-corrected chi connectivity index (χ2v) is 13.5. The second-order valence-electron chi connectivity index (χ2n) is 12.5. The summed E-state index contributed by atoms with van der Waals surface area (Å²) in [6, 6.07) is 63.1. The summed E-state index contributed by atoms with van der Waals surface area (Å²) >= 11 is 1.87. The van der Waals surface area contributed by atoms with Crippen molar-refractivity contribution in [2.75, 3.05) is 4.90 Å². The number of fused-ring (bicyclic) bond motifs is 7. The largest absolute Gasteiger partial charge is 0.455 e. The average Bonchev–Trinajstić information content (AvgIpc) is 3.75. The van der Waals surface area contributed by atoms with Crippen LogP contribution in [0.1, 0.15) is 0 Å². The molecule has 49 heavy (non-hydrogen) atoms. The molecule has 10 rings (SSSR count). The number of nitrogens with zero attached hydrogens (tertiary/aromatic N) is 1. The summed E-state index contributed by atoms with van der Waals surface area (Å²) in [7, 11) is 0. The maximum atomic E-state index is 6.75. The van der Waals surface area contributed by atoms with Gasteiger partial charge < -0.3 is 9.32 Å². The molecule has 2 heterocycles. The highest BCUT2D eigenvalue weighted by Crippen LogP contribution is 2.50. The maximum Gasteiger partial charge on any atom is 0.145 e. The molecule has 0 atom stereocenters. The average molecular weight is 644 g/mol. The molecule has 0 amide bonds. The summed E-state index contributed by atoms with van der Waals surface area (Å²) in [5.41, 5.74) is 9.83. The predicted octanol–water partition coefficient (Wildman–Crippen LogP) is 13.9. The van der Waals surface area contributed by atoms with E-state index in [0.29, 0.717) is 0 Å². The van der Waals surface area contributed by atoms with Crippen LogP contribution < -0.4 is 4.90 Å². The molecule has 3 heteroatoms. The molecule has 0 bridgehead atoms. The Morgan fingerprint density at radius 2 is 1.10 bits per heavy atom. The minimum absolute atomic E-state index is 0.883. The van der Waals surface area contributed by atoms with Crippen LogP contribution in [0.15, 0.2) is 180 Å². The van der Waals surface area contributed by atoms with E-state index in [0.717, 1.165) is 50.1 Å². The van der Waals surface area contributed by atoms with E-state index in [1.54, 1.807) is 0 Å². The van der Waals surface area contributed by atoms with Gasteiger partial charge in [0, 0.05) is 31.8 Å². The van der Waals surface area contributed by atoms with Gasteiger partial charge in [-0.25, -0.2) is 0 Å². The summed E-state index contributed by atoms with van der Waals surface area (Å²) in [5.74, 6) is 0. The van der Waals surface area contributed by atoms with Gasteiger partial charge in [0.1, 0.15) is 11.2 Å². The number of rotatable bonds is 5. The van der Waals surface area contributed by atoms with Crippen molar-refractivity contribution in [2.24, 2.45) is 0 Å². The molecule has 0 unspecified atom stereocenters. The van der Waals surface area contributed by atoms with Gasteiger partial charge in [0.05, 0.1) is 27.1 Å². The van der Waals surface area contributed by atoms with Gasteiger partial charge in [-0.15, -0.1) is 11.3 Å². The van der Waals surface area contributed by atoms with Crippen LogP contribution in [0.4, 0.5) is 17.1 Å². The lowest BCUT2D eigenvalue weighted by Crippen LogP contribution is -2.11. The van der Waals surface area contributed by atoms with E-state index in [1.165, 1.54) is 42.1 Å². The van der Waals surface area contributed by atoms with Gasteiger partial charge in [-0.2, -0.15) is 0 Å². The molecule has 0 radical (unpaired) electrons. The lowest BCUT2D eigenvalue weighted by Gasteiger charge is -2.28. The number of benzene rings is 8. The molecule has 8 aromatic carbocycles. The van der Waals surface area contributed by atoms with E-state index in [4.69, 9.17) is 4.42 Å². The van der Waals surface area contributed by atoms with Gasteiger partial charge in [0.25, 0.3) is 0 Å². The van der Waals surface area contributed by atoms with Crippen molar-refractivity contribution in [3.05, 3.63) is 176 Å². The van der Waals surface area contributed by atoms with Gasteiger partial charge in [-0.1, -0.05) is 140 Å². The number of furan rings is 1. The minimum Gasteiger partial charge on any atom is -0.455 e. The molecule has 0 aliphatic heterocycles. The van der Waals surface area contributed by atoms with Crippen LogP contribution in [0.2, 0.25) is 0 Å². The van der Waals surface area contributed by atoms with Gasteiger partial charge in [-0.05, 0) is 58.5 Å². The molecular weight excluding hydrogens is 615 g/mol. The highest BCUT2D eigenvalue weighted by atomic mass is 32.1. The lowest BCUT2D eigenvalue weighted by molar-refractivity contribution is 0.670. The third kappa shape index (κ3) is 4.47. The van der Waals surface area contributed by atoms with E-state index in [-0.39, 0.29) is 0 Å². The van der Waals surface area contributed by atoms with E-state index in [2.05, 4.69) is 181 Å². The van der Waals surface area contributed by atoms with Crippen molar-refractivity contribution in [2.45, 2.75) is 0 Å². The zero-order valence-electron chi connectivity index (χ0n) is 26.5. The van der Waals surface area contributed by atoms with Crippen molar-refractivity contribution < 1.29 is 4.42 Å². The summed E-state index contributed by atoms with van der Waals surface area (Å²) < 4.78 is 9.29. The molecule has 0 aliphatic carbocycles. The maximum absolute atomic E-state index is 6.75. The summed E-state index contributed by atoms with van der Waals surface area (Å²) in [4.78, 5) is 2.47. The number of hydrogen-bond acceptors (Lipinski definition) is 3. The van der Waals surface area contributed by atoms with Gasteiger partial charge in [0.15, 0.2) is 0 Å². The first-order chi connectivity index (χ1) is 24.3. The molecule has 2 nitrogen and oxygen atoms in total. The van der Waals surface area contributed by atoms with Crippen molar-refractivity contribution in [1.82, 2.24) is 0 Å². The third-order valence-electron chi connectivity index (χ3n) is 9.66. The van der Waals surface area contributed by atoms with Crippen LogP contribution in [0.3, 0.4) is 0 Å². The Balaban J connectivity index is 1.30. The van der Waals surface area contributed by atoms with Crippen LogP contribution >= 0.6 is 11.3 Å². The molecule has 2 aromatic heterocycles. The summed E-state index contributed by atoms with van der Waals surface area (Å²) in [6.45, 7) is 0. The monoisotopic (exact) mass is 643 g/mol. The van der Waals surface area contributed by atoms with Gasteiger partial charge in [-0.3, -0.25) is 0 Å². The Morgan fingerprint density at radius 1 is 0.429 bits per heavy atom. The van der Waals surface area contributed by atoms with Crippen LogP contribution in [-0.4, -0.2) is 0 Å². The number of para-hydroxylation sites is 1. The highest BCUT2D eigenvalue weighted by Gasteiger charge is 2.25. The van der Waals surface area contributed by atoms with Crippen molar-refractivity contribution in [3.63, 3.8) is 0 Å². The fraction of sp³-hybridized carbons (Fsp3) is 0. The van der Waals surface area contributed by atoms with Crippen LogP contribution in [-0.2, 0) is 0 Å². The van der Waals surface area contributed by atoms with E-state index < -0.39 is 0 Å². The van der Waals surface area contributed by atoms with Gasteiger partial charge in [0.2, 0.25) is 0 Å². The normalized spacial score (nSPS) is 11.7.